The minimum atomic E-state index is -4.86. The number of hydrogen-bond donors (Lipinski definition) is 2. The number of nitrogens with one attached hydrogen (secondary N) is 2. The first-order chi connectivity index (χ1) is 20.8. The van der Waals surface area contributed by atoms with Gasteiger partial charge in [-0.1, -0.05) is 31.3 Å². The van der Waals surface area contributed by atoms with Crippen LogP contribution in [-0.2, 0) is 19.2 Å². The highest BCUT2D eigenvalue weighted by atomic mass is 28.3. The summed E-state index contributed by atoms with van der Waals surface area (Å²) in [5.74, 6) is 2.27. The van der Waals surface area contributed by atoms with E-state index in [1.54, 1.807) is 6.92 Å². The summed E-state index contributed by atoms with van der Waals surface area (Å²) in [6, 6.07) is 0.143. The number of hydroxylamine groups is 1. The second-order valence-corrected chi connectivity index (χ2v) is 18.1. The smallest absolute Gasteiger partial charge is 0.378 e. The lowest BCUT2D eigenvalue weighted by atomic mass is 10.0. The number of halogens is 3. The number of allylic oxidation sites excluding steroid dienone is 2. The van der Waals surface area contributed by atoms with Gasteiger partial charge in [-0.25, -0.2) is 25.3 Å². The molecule has 2 N–H and O–H groups in total. The quantitative estimate of drug-likeness (QED) is 0.103. The van der Waals surface area contributed by atoms with Gasteiger partial charge in [-0.05, 0) is 43.7 Å². The first kappa shape index (κ1) is 33.4. The van der Waals surface area contributed by atoms with Gasteiger partial charge in [0.05, 0.1) is 18.5 Å². The van der Waals surface area contributed by atoms with E-state index in [1.807, 2.05) is 23.4 Å². The van der Waals surface area contributed by atoms with Crippen LogP contribution in [0.25, 0.3) is 0 Å². The van der Waals surface area contributed by atoms with Crippen molar-refractivity contribution < 1.29 is 32.3 Å². The third kappa shape index (κ3) is 9.74. The summed E-state index contributed by atoms with van der Waals surface area (Å²) in [5.41, 5.74) is 2.11. The lowest BCUT2D eigenvalue weighted by molar-refractivity contribution is -0.133. The van der Waals surface area contributed by atoms with Crippen LogP contribution in [-0.4, -0.2) is 86.4 Å². The van der Waals surface area contributed by atoms with Crippen LogP contribution in [0.15, 0.2) is 46.1 Å². The molecule has 0 radical (unpaired) electrons. The second-order valence-electron chi connectivity index (χ2n) is 12.4. The first-order valence-electron chi connectivity index (χ1n) is 14.7. The van der Waals surface area contributed by atoms with E-state index < -0.39 is 37.3 Å². The molecule has 44 heavy (non-hydrogen) atoms. The van der Waals surface area contributed by atoms with Crippen LogP contribution in [0, 0.1) is 0 Å². The molecule has 1 aromatic heterocycles. The highest BCUT2D eigenvalue weighted by molar-refractivity contribution is 6.76. The number of hydrazone groups is 1. The Kier molecular flexibility index (Phi) is 11.0. The Morgan fingerprint density at radius 3 is 2.55 bits per heavy atom. The fourth-order valence-electron chi connectivity index (χ4n) is 4.61. The minimum Gasteiger partial charge on any atom is -0.378 e. The van der Waals surface area contributed by atoms with E-state index >= 15 is 0 Å². The molecular weight excluding hydrogens is 595 g/mol. The summed E-state index contributed by atoms with van der Waals surface area (Å²) in [5, 5.41) is 7.50. The molecule has 1 aliphatic carbocycles. The summed E-state index contributed by atoms with van der Waals surface area (Å²) < 4.78 is 47.6. The molecule has 15 heteroatoms. The summed E-state index contributed by atoms with van der Waals surface area (Å²) in [4.78, 5) is 40.3. The molecule has 0 spiro atoms. The average molecular weight is 636 g/mol. The van der Waals surface area contributed by atoms with Gasteiger partial charge in [0.1, 0.15) is 12.3 Å². The summed E-state index contributed by atoms with van der Waals surface area (Å²) in [7, 11) is -1.40. The van der Waals surface area contributed by atoms with Crippen LogP contribution in [0.5, 0.6) is 0 Å². The first-order valence-corrected chi connectivity index (χ1v) is 18.4. The number of amides is 1. The van der Waals surface area contributed by atoms with Gasteiger partial charge in [0.15, 0.2) is 11.6 Å². The van der Waals surface area contributed by atoms with Crippen LogP contribution in [0.2, 0.25) is 25.7 Å². The van der Waals surface area contributed by atoms with Gasteiger partial charge in [-0.3, -0.25) is 9.63 Å². The van der Waals surface area contributed by atoms with E-state index in [-0.39, 0.29) is 25.7 Å². The van der Waals surface area contributed by atoms with Crippen molar-refractivity contribution in [3.8, 4) is 0 Å². The van der Waals surface area contributed by atoms with Gasteiger partial charge in [0, 0.05) is 52.6 Å². The van der Waals surface area contributed by atoms with E-state index in [9.17, 15) is 22.8 Å². The normalized spacial score (nSPS) is 18.2. The van der Waals surface area contributed by atoms with Crippen LogP contribution >= 0.6 is 0 Å². The van der Waals surface area contributed by atoms with Crippen molar-refractivity contribution in [3.05, 3.63) is 46.6 Å². The molecule has 1 fully saturated rings. The highest BCUT2D eigenvalue weighted by Crippen LogP contribution is 2.39. The molecule has 0 aromatic carbocycles. The number of anilines is 1. The SMILES string of the molecule is CC(CONC(=O)CC1=CCN(c2ncc(C3CC3)cn2)CC1)NC1=C(C(F)(F)F)C(=C=O)N(COCC[Si](C)(C)C)N=C1. The molecule has 1 saturated carbocycles. The molecule has 11 nitrogen and oxygen atoms in total. The van der Waals surface area contributed by atoms with Gasteiger partial charge < -0.3 is 15.0 Å². The predicted octanol–water partition coefficient (Wildman–Crippen LogP) is 4.05. The van der Waals surface area contributed by atoms with Crippen LogP contribution in [0.3, 0.4) is 0 Å². The van der Waals surface area contributed by atoms with Crippen molar-refractivity contribution >= 4 is 32.1 Å². The molecule has 0 saturated heterocycles. The van der Waals surface area contributed by atoms with Crippen molar-refractivity contribution in [2.24, 2.45) is 5.10 Å². The number of alkyl halides is 3. The maximum absolute atomic E-state index is 14.0. The van der Waals surface area contributed by atoms with Gasteiger partial charge in [0.25, 0.3) is 0 Å². The number of aromatic nitrogens is 2. The predicted molar refractivity (Wildman–Crippen MR) is 162 cm³/mol. The van der Waals surface area contributed by atoms with Gasteiger partial charge in [-0.2, -0.15) is 18.3 Å². The minimum absolute atomic E-state index is 0.135. The highest BCUT2D eigenvalue weighted by Gasteiger charge is 2.43. The zero-order chi connectivity index (χ0) is 31.9. The zero-order valence-electron chi connectivity index (χ0n) is 25.5. The lowest BCUT2D eigenvalue weighted by Gasteiger charge is -2.29. The molecule has 1 atom stereocenters. The van der Waals surface area contributed by atoms with Crippen LogP contribution < -0.4 is 15.7 Å². The Labute approximate surface area is 256 Å². The molecule has 2 aliphatic heterocycles. The third-order valence-corrected chi connectivity index (χ3v) is 8.99. The molecule has 1 amide bonds. The molecular formula is C29H40F3N7O4Si. The van der Waals surface area contributed by atoms with E-state index in [2.05, 4.69) is 45.5 Å². The Hall–Kier alpha value is -3.52. The van der Waals surface area contributed by atoms with Crippen LogP contribution in [0.4, 0.5) is 19.1 Å². The monoisotopic (exact) mass is 635 g/mol. The molecule has 3 aliphatic rings. The molecule has 3 heterocycles. The average Bonchev–Trinajstić information content (AvgIpc) is 3.81. The summed E-state index contributed by atoms with van der Waals surface area (Å²) in [6.07, 6.45) is 5.07. The lowest BCUT2D eigenvalue weighted by Crippen LogP contribution is -2.40. The number of hydrogen-bond acceptors (Lipinski definition) is 10. The van der Waals surface area contributed by atoms with E-state index in [0.717, 1.165) is 22.8 Å². The van der Waals surface area contributed by atoms with Gasteiger partial charge in [-0.15, -0.1) is 0 Å². The Morgan fingerprint density at radius 2 is 1.95 bits per heavy atom. The largest absolute Gasteiger partial charge is 0.421 e. The zero-order valence-corrected chi connectivity index (χ0v) is 26.5. The van der Waals surface area contributed by atoms with Crippen LogP contribution in [0.1, 0.15) is 44.1 Å². The maximum atomic E-state index is 14.0. The number of ether oxygens (including phenoxy) is 1. The maximum Gasteiger partial charge on any atom is 0.421 e. The van der Waals surface area contributed by atoms with Crippen molar-refractivity contribution in [1.29, 1.82) is 0 Å². The fraction of sp³-hybridized carbons (Fsp3) is 0.586. The molecule has 1 aromatic rings. The number of carbonyl (C=O) groups excluding carboxylic acids is 2. The fourth-order valence-corrected chi connectivity index (χ4v) is 5.36. The molecule has 1 unspecified atom stereocenters. The van der Waals surface area contributed by atoms with E-state index in [1.165, 1.54) is 24.3 Å². The number of nitrogens with zero attached hydrogens (tertiary/aromatic N) is 5. The second kappa shape index (κ2) is 14.5. The van der Waals surface area contributed by atoms with Crippen molar-refractivity contribution in [2.75, 3.05) is 37.9 Å². The standard InChI is InChI=1S/C29H40F3N7O4Si/c1-20(36-24-16-35-39(19-42-11-12-44(2,3)4)25(17-40)27(24)29(30,31)32)18-43-37-26(41)13-21-7-9-38(10-8-21)28-33-14-23(15-34-28)22-5-6-22/h7,14-16,20,22,36H,5-6,8-13,18-19H2,1-4H3,(H,37,41). The third-order valence-electron chi connectivity index (χ3n) is 7.28. The molecule has 4 rings (SSSR count). The number of carbonyl (C=O) groups is 1. The Balaban J connectivity index is 1.23. The Morgan fingerprint density at radius 1 is 1.23 bits per heavy atom. The van der Waals surface area contributed by atoms with E-state index in [4.69, 9.17) is 9.57 Å². The van der Waals surface area contributed by atoms with Gasteiger partial charge >= 0.3 is 6.18 Å². The Bertz CT molecular complexity index is 1320. The van der Waals surface area contributed by atoms with E-state index in [0.29, 0.717) is 38.0 Å². The van der Waals surface area contributed by atoms with Crippen molar-refractivity contribution in [1.82, 2.24) is 25.8 Å². The topological polar surface area (TPSA) is 121 Å². The summed E-state index contributed by atoms with van der Waals surface area (Å²) in [6.45, 7) is 9.20. The molecule has 0 bridgehead atoms. The molecule has 240 valence electrons. The number of rotatable bonds is 14. The van der Waals surface area contributed by atoms with Crippen molar-refractivity contribution in [3.63, 3.8) is 0 Å². The van der Waals surface area contributed by atoms with Crippen molar-refractivity contribution in [2.45, 2.75) is 76.4 Å². The van der Waals surface area contributed by atoms with Gasteiger partial charge in [0.2, 0.25) is 11.9 Å². The summed E-state index contributed by atoms with van der Waals surface area (Å²) >= 11 is 0.